The van der Waals surface area contributed by atoms with Gasteiger partial charge in [-0.05, 0) is 6.92 Å². The number of rotatable bonds is 1. The van der Waals surface area contributed by atoms with Gasteiger partial charge in [-0.2, -0.15) is 5.26 Å². The Bertz CT molecular complexity index is 208. The van der Waals surface area contributed by atoms with Crippen LogP contribution in [0.2, 0.25) is 0 Å². The van der Waals surface area contributed by atoms with Gasteiger partial charge in [-0.3, -0.25) is 0 Å². The average molecular weight is 140 g/mol. The molecule has 2 N–H and O–H groups in total. The maximum Gasteiger partial charge on any atom is 0.350 e. The number of carbonyl (C=O) groups is 1. The summed E-state index contributed by atoms with van der Waals surface area (Å²) >= 11 is 0. The molecular formula is C6H8N2O2. The smallest absolute Gasteiger partial charge is 0.350 e. The van der Waals surface area contributed by atoms with Crippen LogP contribution in [0, 0.1) is 11.3 Å². The van der Waals surface area contributed by atoms with Crippen molar-refractivity contribution in [2.24, 2.45) is 5.73 Å². The first-order valence-corrected chi connectivity index (χ1v) is 2.58. The summed E-state index contributed by atoms with van der Waals surface area (Å²) in [5.41, 5.74) is 5.22. The summed E-state index contributed by atoms with van der Waals surface area (Å²) in [5.74, 6) is -0.692. The molecular weight excluding hydrogens is 132 g/mol. The summed E-state index contributed by atoms with van der Waals surface area (Å²) in [4.78, 5) is 10.6. The van der Waals surface area contributed by atoms with Crippen LogP contribution >= 0.6 is 0 Å². The molecule has 0 bridgehead atoms. The number of nitriles is 1. The molecule has 0 rings (SSSR count). The zero-order chi connectivity index (χ0) is 8.15. The van der Waals surface area contributed by atoms with Gasteiger partial charge in [0, 0.05) is 5.70 Å². The maximum atomic E-state index is 10.6. The standard InChI is InChI=1S/C6H8N2O2/c1-4(8)5(3-7)6(9)10-2/h8H2,1-2H3. The minimum absolute atomic E-state index is 0.137. The second kappa shape index (κ2) is 3.51. The first-order valence-electron chi connectivity index (χ1n) is 2.58. The van der Waals surface area contributed by atoms with Gasteiger partial charge in [0.25, 0.3) is 0 Å². The average Bonchev–Trinajstić information content (AvgIpc) is 1.88. The fourth-order valence-electron chi connectivity index (χ4n) is 0.397. The molecule has 0 radical (unpaired) electrons. The van der Waals surface area contributed by atoms with E-state index < -0.39 is 5.97 Å². The number of nitrogens with zero attached hydrogens (tertiary/aromatic N) is 1. The molecule has 0 aliphatic heterocycles. The predicted octanol–water partition coefficient (Wildman–Crippen LogP) is -0.0843. The monoisotopic (exact) mass is 140 g/mol. The van der Waals surface area contributed by atoms with Crippen LogP contribution in [0.4, 0.5) is 0 Å². The molecule has 0 aromatic carbocycles. The number of carbonyl (C=O) groups excluding carboxylic acids is 1. The van der Waals surface area contributed by atoms with Crippen molar-refractivity contribution in [2.75, 3.05) is 7.11 Å². The van der Waals surface area contributed by atoms with Gasteiger partial charge in [0.1, 0.15) is 6.07 Å². The Kier molecular flexibility index (Phi) is 2.98. The number of methoxy groups -OCH3 is 1. The Balaban J connectivity index is 4.59. The third-order valence-corrected chi connectivity index (χ3v) is 0.896. The highest BCUT2D eigenvalue weighted by atomic mass is 16.5. The fourth-order valence-corrected chi connectivity index (χ4v) is 0.397. The van der Waals surface area contributed by atoms with Crippen molar-refractivity contribution in [3.63, 3.8) is 0 Å². The molecule has 0 saturated carbocycles. The molecule has 0 heterocycles. The van der Waals surface area contributed by atoms with Crippen LogP contribution in [0.5, 0.6) is 0 Å². The molecule has 10 heavy (non-hydrogen) atoms. The van der Waals surface area contributed by atoms with E-state index in [1.807, 2.05) is 0 Å². The highest BCUT2D eigenvalue weighted by Crippen LogP contribution is 1.98. The zero-order valence-corrected chi connectivity index (χ0v) is 5.84. The molecule has 0 aliphatic carbocycles. The minimum Gasteiger partial charge on any atom is -0.465 e. The van der Waals surface area contributed by atoms with E-state index in [9.17, 15) is 4.79 Å². The van der Waals surface area contributed by atoms with E-state index >= 15 is 0 Å². The van der Waals surface area contributed by atoms with Gasteiger partial charge in [0.2, 0.25) is 0 Å². The molecule has 54 valence electrons. The second-order valence-corrected chi connectivity index (χ2v) is 1.66. The van der Waals surface area contributed by atoms with E-state index in [1.165, 1.54) is 14.0 Å². The Morgan fingerprint density at radius 1 is 1.70 bits per heavy atom. The van der Waals surface area contributed by atoms with Gasteiger partial charge < -0.3 is 10.5 Å². The van der Waals surface area contributed by atoms with E-state index in [4.69, 9.17) is 11.0 Å². The molecule has 0 atom stereocenters. The second-order valence-electron chi connectivity index (χ2n) is 1.66. The largest absolute Gasteiger partial charge is 0.465 e. The van der Waals surface area contributed by atoms with Gasteiger partial charge in [0.05, 0.1) is 7.11 Å². The fraction of sp³-hybridized carbons (Fsp3) is 0.333. The van der Waals surface area contributed by atoms with E-state index in [0.29, 0.717) is 0 Å². The van der Waals surface area contributed by atoms with E-state index in [1.54, 1.807) is 6.07 Å². The van der Waals surface area contributed by atoms with Crippen molar-refractivity contribution in [3.05, 3.63) is 11.3 Å². The van der Waals surface area contributed by atoms with E-state index in [-0.39, 0.29) is 11.3 Å². The molecule has 0 aromatic heterocycles. The number of ether oxygens (including phenoxy) is 1. The lowest BCUT2D eigenvalue weighted by Crippen LogP contribution is -2.09. The van der Waals surface area contributed by atoms with Crippen LogP contribution in [0.3, 0.4) is 0 Å². The predicted molar refractivity (Wildman–Crippen MR) is 34.5 cm³/mol. The molecule has 0 aliphatic rings. The topological polar surface area (TPSA) is 76.1 Å². The Labute approximate surface area is 58.9 Å². The van der Waals surface area contributed by atoms with E-state index in [0.717, 1.165) is 0 Å². The lowest BCUT2D eigenvalue weighted by molar-refractivity contribution is -0.135. The Hall–Kier alpha value is -1.50. The number of nitrogens with two attached hydrogens (primary N) is 1. The maximum absolute atomic E-state index is 10.6. The lowest BCUT2D eigenvalue weighted by Gasteiger charge is -1.96. The molecule has 0 aromatic rings. The van der Waals surface area contributed by atoms with Crippen molar-refractivity contribution in [1.29, 1.82) is 5.26 Å². The molecule has 0 fully saturated rings. The van der Waals surface area contributed by atoms with E-state index in [2.05, 4.69) is 4.74 Å². The van der Waals surface area contributed by atoms with Crippen LogP contribution in [-0.2, 0) is 9.53 Å². The van der Waals surface area contributed by atoms with Crippen LogP contribution in [0.25, 0.3) is 0 Å². The highest BCUT2D eigenvalue weighted by Gasteiger charge is 2.09. The minimum atomic E-state index is -0.692. The first kappa shape index (κ1) is 8.50. The van der Waals surface area contributed by atoms with Crippen molar-refractivity contribution < 1.29 is 9.53 Å². The van der Waals surface area contributed by atoms with Crippen LogP contribution in [0.15, 0.2) is 11.3 Å². The van der Waals surface area contributed by atoms with Crippen LogP contribution in [-0.4, -0.2) is 13.1 Å². The number of allylic oxidation sites excluding steroid dienone is 1. The quantitative estimate of drug-likeness (QED) is 0.314. The molecule has 0 saturated heterocycles. The van der Waals surface area contributed by atoms with Crippen molar-refractivity contribution in [3.8, 4) is 6.07 Å². The summed E-state index contributed by atoms with van der Waals surface area (Å²) in [7, 11) is 1.20. The van der Waals surface area contributed by atoms with Gasteiger partial charge >= 0.3 is 5.97 Å². The molecule has 0 spiro atoms. The first-order chi connectivity index (χ1) is 4.63. The van der Waals surface area contributed by atoms with Gasteiger partial charge in [0.15, 0.2) is 5.57 Å². The molecule has 0 unspecified atom stereocenters. The number of hydrogen-bond acceptors (Lipinski definition) is 4. The van der Waals surface area contributed by atoms with Crippen molar-refractivity contribution >= 4 is 5.97 Å². The summed E-state index contributed by atoms with van der Waals surface area (Å²) < 4.78 is 4.27. The Morgan fingerprint density at radius 2 is 2.20 bits per heavy atom. The lowest BCUT2D eigenvalue weighted by atomic mass is 10.2. The zero-order valence-electron chi connectivity index (χ0n) is 5.84. The number of hydrogen-bond donors (Lipinski definition) is 1. The third kappa shape index (κ3) is 1.78. The molecule has 4 nitrogen and oxygen atoms in total. The molecule has 4 heteroatoms. The van der Waals surface area contributed by atoms with Gasteiger partial charge in [-0.15, -0.1) is 0 Å². The van der Waals surface area contributed by atoms with Crippen LogP contribution in [0.1, 0.15) is 6.92 Å². The highest BCUT2D eigenvalue weighted by molar-refractivity contribution is 5.93. The number of esters is 1. The summed E-state index contributed by atoms with van der Waals surface area (Å²) in [6, 6.07) is 1.63. The third-order valence-electron chi connectivity index (χ3n) is 0.896. The van der Waals surface area contributed by atoms with Gasteiger partial charge in [-0.1, -0.05) is 0 Å². The SMILES string of the molecule is COC(=O)C(C#N)=C(C)N. The van der Waals surface area contributed by atoms with Crippen molar-refractivity contribution in [1.82, 2.24) is 0 Å². The van der Waals surface area contributed by atoms with Crippen molar-refractivity contribution in [2.45, 2.75) is 6.92 Å². The summed E-state index contributed by atoms with van der Waals surface area (Å²) in [5, 5.41) is 8.31. The Morgan fingerprint density at radius 3 is 2.30 bits per heavy atom. The summed E-state index contributed by atoms with van der Waals surface area (Å²) in [6.07, 6.45) is 0. The van der Waals surface area contributed by atoms with Gasteiger partial charge in [-0.25, -0.2) is 4.79 Å². The molecule has 0 amide bonds. The normalized spacial score (nSPS) is 11.3. The summed E-state index contributed by atoms with van der Waals surface area (Å²) in [6.45, 7) is 1.47. The van der Waals surface area contributed by atoms with Crippen LogP contribution < -0.4 is 5.73 Å².